The Hall–Kier alpha value is -2.55. The van der Waals surface area contributed by atoms with Crippen molar-refractivity contribution in [3.8, 4) is 0 Å². The maximum Gasteiger partial charge on any atom is 0.472 e. The van der Waals surface area contributed by atoms with Crippen LogP contribution < -0.4 is 5.32 Å². The standard InChI is InChI=1S/C59H107N2O7P/c1-7-10-13-16-19-22-25-27-29-30-32-34-37-40-43-46-49-52-59(63)68-57(50-47-44-41-38-35-24-21-18-15-12-9-3)56(55-67-69(64,65)66-54-53-61(4,5)6)60-58(62)51-48-45-42-39-36-33-31-28-26-23-20-17-14-11-8-2/h19-20,22-23,26-29,32,34,47,50,56-57H,7-18,21,24-25,30-31,33,35-46,48-49,51-55H2,1-6H3,(H-,60,62,64,65)/p+1/b22-19-,23-20+,28-26+,29-27-,34-32-,50-47+. The third-order valence-corrected chi connectivity index (χ3v) is 13.1. The van der Waals surface area contributed by atoms with Gasteiger partial charge in [0.1, 0.15) is 19.3 Å². The molecule has 0 heterocycles. The summed E-state index contributed by atoms with van der Waals surface area (Å²) >= 11 is 0. The third-order valence-electron chi connectivity index (χ3n) is 12.1. The number of carbonyl (C=O) groups is 2. The van der Waals surface area contributed by atoms with Crippen LogP contribution in [0.25, 0.3) is 0 Å². The lowest BCUT2D eigenvalue weighted by Crippen LogP contribution is -2.47. The molecular weight excluding hydrogens is 880 g/mol. The van der Waals surface area contributed by atoms with Gasteiger partial charge < -0.3 is 19.4 Å². The maximum atomic E-state index is 13.5. The molecule has 1 amide bonds. The Morgan fingerprint density at radius 1 is 0.522 bits per heavy atom. The molecule has 0 bridgehead atoms. The highest BCUT2D eigenvalue weighted by molar-refractivity contribution is 7.47. The summed E-state index contributed by atoms with van der Waals surface area (Å²) in [5.74, 6) is -0.547. The number of nitrogens with one attached hydrogen (secondary N) is 1. The molecule has 0 rings (SSSR count). The van der Waals surface area contributed by atoms with Gasteiger partial charge in [0.25, 0.3) is 0 Å². The topological polar surface area (TPSA) is 111 Å². The Bertz CT molecular complexity index is 1420. The second-order valence-electron chi connectivity index (χ2n) is 20.1. The van der Waals surface area contributed by atoms with Crippen LogP contribution in [-0.4, -0.2) is 74.3 Å². The van der Waals surface area contributed by atoms with Gasteiger partial charge in [-0.15, -0.1) is 0 Å². The van der Waals surface area contributed by atoms with Crippen LogP contribution >= 0.6 is 7.82 Å². The first-order valence-electron chi connectivity index (χ1n) is 28.3. The summed E-state index contributed by atoms with van der Waals surface area (Å²) in [4.78, 5) is 37.5. The fraction of sp³-hybridized carbons (Fsp3) is 0.763. The van der Waals surface area contributed by atoms with Gasteiger partial charge in [-0.3, -0.25) is 18.6 Å². The molecule has 10 heteroatoms. The number of hydrogen-bond donors (Lipinski definition) is 2. The Morgan fingerprint density at radius 3 is 1.43 bits per heavy atom. The normalized spacial score (nSPS) is 14.4. The monoisotopic (exact) mass is 988 g/mol. The van der Waals surface area contributed by atoms with Crippen molar-refractivity contribution < 1.29 is 37.3 Å². The van der Waals surface area contributed by atoms with E-state index in [9.17, 15) is 19.0 Å². The number of allylic oxidation sites excluding steroid dienone is 11. The number of nitrogens with zero attached hydrogens (tertiary/aromatic N) is 1. The van der Waals surface area contributed by atoms with Crippen molar-refractivity contribution >= 4 is 19.7 Å². The summed E-state index contributed by atoms with van der Waals surface area (Å²) in [6.45, 7) is 6.91. The van der Waals surface area contributed by atoms with E-state index < -0.39 is 20.0 Å². The fourth-order valence-electron chi connectivity index (χ4n) is 7.70. The van der Waals surface area contributed by atoms with Crippen molar-refractivity contribution in [2.75, 3.05) is 40.9 Å². The number of esters is 1. The van der Waals surface area contributed by atoms with Gasteiger partial charge >= 0.3 is 13.8 Å². The number of phosphoric ester groups is 1. The van der Waals surface area contributed by atoms with Crippen LogP contribution in [0.1, 0.15) is 239 Å². The first kappa shape index (κ1) is 66.5. The fourth-order valence-corrected chi connectivity index (χ4v) is 8.44. The van der Waals surface area contributed by atoms with E-state index in [1.54, 1.807) is 0 Å². The van der Waals surface area contributed by atoms with Crippen molar-refractivity contribution in [1.82, 2.24) is 5.32 Å². The third kappa shape index (κ3) is 50.2. The summed E-state index contributed by atoms with van der Waals surface area (Å²) in [5.41, 5.74) is 0. The van der Waals surface area contributed by atoms with Gasteiger partial charge in [-0.1, -0.05) is 203 Å². The van der Waals surface area contributed by atoms with Crippen LogP contribution in [0.15, 0.2) is 72.9 Å². The predicted octanol–water partition coefficient (Wildman–Crippen LogP) is 16.9. The van der Waals surface area contributed by atoms with Crippen molar-refractivity contribution in [3.63, 3.8) is 0 Å². The summed E-state index contributed by atoms with van der Waals surface area (Å²) in [6, 6.07) is -0.865. The summed E-state index contributed by atoms with van der Waals surface area (Å²) in [7, 11) is 1.47. The highest BCUT2D eigenvalue weighted by Gasteiger charge is 2.30. The lowest BCUT2D eigenvalue weighted by Gasteiger charge is -2.27. The number of ether oxygens (including phenoxy) is 1. The summed E-state index contributed by atoms with van der Waals surface area (Å²) in [5, 5.41) is 3.03. The van der Waals surface area contributed by atoms with Gasteiger partial charge in [0.15, 0.2) is 0 Å². The molecule has 0 aliphatic carbocycles. The zero-order valence-corrected chi connectivity index (χ0v) is 46.4. The molecule has 0 saturated carbocycles. The number of rotatable bonds is 50. The molecule has 2 N–H and O–H groups in total. The van der Waals surface area contributed by atoms with Crippen molar-refractivity contribution in [2.45, 2.75) is 251 Å². The highest BCUT2D eigenvalue weighted by atomic mass is 31.2. The first-order valence-corrected chi connectivity index (χ1v) is 29.8. The molecule has 69 heavy (non-hydrogen) atoms. The molecule has 0 aromatic carbocycles. The summed E-state index contributed by atoms with van der Waals surface area (Å²) < 4.78 is 30.5. The number of carbonyl (C=O) groups excluding carboxylic acids is 2. The molecule has 0 aliphatic heterocycles. The largest absolute Gasteiger partial charge is 0.472 e. The Balaban J connectivity index is 5.40. The van der Waals surface area contributed by atoms with E-state index in [4.69, 9.17) is 13.8 Å². The van der Waals surface area contributed by atoms with E-state index in [-0.39, 0.29) is 31.5 Å². The van der Waals surface area contributed by atoms with Crippen LogP contribution in [0.2, 0.25) is 0 Å². The van der Waals surface area contributed by atoms with E-state index in [1.807, 2.05) is 33.3 Å². The van der Waals surface area contributed by atoms with Crippen LogP contribution in [0.5, 0.6) is 0 Å². The number of unbranched alkanes of at least 4 members (excludes halogenated alkanes) is 25. The highest BCUT2D eigenvalue weighted by Crippen LogP contribution is 2.43. The zero-order chi connectivity index (χ0) is 50.8. The van der Waals surface area contributed by atoms with E-state index in [2.05, 4.69) is 86.8 Å². The molecule has 0 aliphatic rings. The molecule has 400 valence electrons. The Morgan fingerprint density at radius 2 is 0.928 bits per heavy atom. The average Bonchev–Trinajstić information content (AvgIpc) is 3.31. The Kier molecular flexibility index (Phi) is 47.2. The molecule has 3 unspecified atom stereocenters. The minimum absolute atomic E-state index is 0.0313. The number of amides is 1. The maximum absolute atomic E-state index is 13.5. The molecule has 0 aromatic heterocycles. The van der Waals surface area contributed by atoms with Crippen molar-refractivity contribution in [3.05, 3.63) is 72.9 Å². The van der Waals surface area contributed by atoms with Crippen LogP contribution in [0.4, 0.5) is 0 Å². The molecule has 0 spiro atoms. The molecule has 0 aromatic rings. The Labute approximate surface area is 425 Å². The number of phosphoric acid groups is 1. The molecule has 0 fully saturated rings. The molecule has 9 nitrogen and oxygen atoms in total. The SMILES string of the molecule is CCCCC/C=C\C/C=C\C/C=C\CCCCCCC(=O)OC(/C=C/CCCCCCCCCCC)C(COP(=O)(O)OCC[N+](C)(C)C)NC(=O)CCCCCCCC/C=C/C=C/CCCCC. The lowest BCUT2D eigenvalue weighted by molar-refractivity contribution is -0.870. The summed E-state index contributed by atoms with van der Waals surface area (Å²) in [6.07, 6.45) is 61.7. The van der Waals surface area contributed by atoms with Crippen LogP contribution in [0.3, 0.4) is 0 Å². The van der Waals surface area contributed by atoms with Gasteiger partial charge in [-0.25, -0.2) is 4.57 Å². The molecule has 3 atom stereocenters. The van der Waals surface area contributed by atoms with Gasteiger partial charge in [0, 0.05) is 12.8 Å². The van der Waals surface area contributed by atoms with Gasteiger partial charge in [0.2, 0.25) is 5.91 Å². The van der Waals surface area contributed by atoms with Crippen molar-refractivity contribution in [2.24, 2.45) is 0 Å². The van der Waals surface area contributed by atoms with E-state index in [0.29, 0.717) is 23.9 Å². The first-order chi connectivity index (χ1) is 33.4. The van der Waals surface area contributed by atoms with Crippen LogP contribution in [0, 0.1) is 0 Å². The predicted molar refractivity (Wildman–Crippen MR) is 295 cm³/mol. The van der Waals surface area contributed by atoms with Gasteiger partial charge in [0.05, 0.1) is 33.8 Å². The second-order valence-corrected chi connectivity index (χ2v) is 21.6. The minimum Gasteiger partial charge on any atom is -0.456 e. The second kappa shape index (κ2) is 49.0. The minimum atomic E-state index is -4.45. The van der Waals surface area contributed by atoms with E-state index >= 15 is 0 Å². The van der Waals surface area contributed by atoms with Gasteiger partial charge in [-0.05, 0) is 96.0 Å². The molecule has 0 radical (unpaired) electrons. The van der Waals surface area contributed by atoms with Crippen LogP contribution in [-0.2, 0) is 27.9 Å². The molecule has 0 saturated heterocycles. The zero-order valence-electron chi connectivity index (χ0n) is 45.5. The number of quaternary nitrogens is 1. The average molecular weight is 988 g/mol. The van der Waals surface area contributed by atoms with Crippen molar-refractivity contribution in [1.29, 1.82) is 0 Å². The smallest absolute Gasteiger partial charge is 0.456 e. The number of likely N-dealkylation sites (N-methyl/N-ethyl adjacent to an activating group) is 1. The number of hydrogen-bond acceptors (Lipinski definition) is 6. The lowest BCUT2D eigenvalue weighted by atomic mass is 10.1. The quantitative estimate of drug-likeness (QED) is 0.0156. The molecular formula is C59H108N2O7P+. The van der Waals surface area contributed by atoms with E-state index in [1.165, 1.54) is 96.3 Å². The van der Waals surface area contributed by atoms with Gasteiger partial charge in [-0.2, -0.15) is 0 Å². The van der Waals surface area contributed by atoms with E-state index in [0.717, 1.165) is 103 Å².